The molecule has 0 saturated heterocycles. The van der Waals surface area contributed by atoms with Crippen LogP contribution in [0.2, 0.25) is 0 Å². The molecule has 0 spiro atoms. The van der Waals surface area contributed by atoms with Crippen LogP contribution in [0.25, 0.3) is 0 Å². The summed E-state index contributed by atoms with van der Waals surface area (Å²) < 4.78 is 4.99. The van der Waals surface area contributed by atoms with Crippen molar-refractivity contribution in [2.45, 2.75) is 66.2 Å². The van der Waals surface area contributed by atoms with Gasteiger partial charge in [0, 0.05) is 0 Å². The Hall–Kier alpha value is -1.19. The lowest BCUT2D eigenvalue weighted by atomic mass is 9.84. The maximum absolute atomic E-state index is 12.5. The van der Waals surface area contributed by atoms with Gasteiger partial charge in [-0.15, -0.1) is 0 Å². The van der Waals surface area contributed by atoms with E-state index in [0.29, 0.717) is 12.8 Å². The van der Waals surface area contributed by atoms with Gasteiger partial charge in [-0.1, -0.05) is 39.5 Å². The van der Waals surface area contributed by atoms with Crippen molar-refractivity contribution < 1.29 is 19.1 Å². The number of carbonyl (C=O) groups is 3. The lowest BCUT2D eigenvalue weighted by Crippen LogP contribution is -2.34. The first-order valence-electron chi connectivity index (χ1n) is 7.70. The highest BCUT2D eigenvalue weighted by atomic mass is 16.5. The van der Waals surface area contributed by atoms with Crippen molar-refractivity contribution in [3.63, 3.8) is 0 Å². The van der Waals surface area contributed by atoms with Crippen molar-refractivity contribution in [2.24, 2.45) is 11.8 Å². The van der Waals surface area contributed by atoms with E-state index < -0.39 is 17.8 Å². The molecule has 2 atom stereocenters. The molecule has 0 aromatic carbocycles. The molecule has 0 aromatic rings. The average molecular weight is 284 g/mol. The van der Waals surface area contributed by atoms with E-state index in [1.165, 1.54) is 6.92 Å². The molecule has 0 radical (unpaired) electrons. The molecule has 0 N–H and O–H groups in total. The largest absolute Gasteiger partial charge is 0.465 e. The van der Waals surface area contributed by atoms with E-state index in [9.17, 15) is 14.4 Å². The second-order valence-electron chi connectivity index (χ2n) is 5.15. The quantitative estimate of drug-likeness (QED) is 0.431. The molecule has 0 heterocycles. The normalized spacial score (nSPS) is 13.6. The van der Waals surface area contributed by atoms with E-state index in [1.54, 1.807) is 6.92 Å². The minimum Gasteiger partial charge on any atom is -0.465 e. The zero-order valence-corrected chi connectivity index (χ0v) is 13.2. The van der Waals surface area contributed by atoms with Crippen LogP contribution >= 0.6 is 0 Å². The monoisotopic (exact) mass is 284 g/mol. The van der Waals surface area contributed by atoms with Crippen LogP contribution in [0.4, 0.5) is 0 Å². The third-order valence-corrected chi connectivity index (χ3v) is 3.44. The van der Waals surface area contributed by atoms with Crippen LogP contribution in [0.3, 0.4) is 0 Å². The molecule has 0 aliphatic heterocycles. The first-order chi connectivity index (χ1) is 9.49. The summed E-state index contributed by atoms with van der Waals surface area (Å²) in [6, 6.07) is 0. The van der Waals surface area contributed by atoms with Gasteiger partial charge in [0.2, 0.25) is 0 Å². The Balaban J connectivity index is 4.94. The van der Waals surface area contributed by atoms with Gasteiger partial charge in [-0.3, -0.25) is 14.4 Å². The van der Waals surface area contributed by atoms with Crippen molar-refractivity contribution in [1.29, 1.82) is 0 Å². The van der Waals surface area contributed by atoms with E-state index in [-0.39, 0.29) is 18.2 Å². The fourth-order valence-corrected chi connectivity index (χ4v) is 2.22. The molecular weight excluding hydrogens is 256 g/mol. The summed E-state index contributed by atoms with van der Waals surface area (Å²) in [5.41, 5.74) is 0. The third-order valence-electron chi connectivity index (χ3n) is 3.44. The van der Waals surface area contributed by atoms with Crippen LogP contribution < -0.4 is 0 Å². The van der Waals surface area contributed by atoms with Gasteiger partial charge in [0.05, 0.1) is 12.5 Å². The number of carbonyl (C=O) groups excluding carboxylic acids is 3. The Bertz CT molecular complexity index is 322. The zero-order valence-electron chi connectivity index (χ0n) is 13.2. The number of ketones is 2. The van der Waals surface area contributed by atoms with Crippen molar-refractivity contribution in [3.8, 4) is 0 Å². The molecular formula is C16H28O4. The first-order valence-corrected chi connectivity index (χ1v) is 7.70. The van der Waals surface area contributed by atoms with Crippen LogP contribution in [0.1, 0.15) is 66.2 Å². The number of ether oxygens (including phenoxy) is 1. The lowest BCUT2D eigenvalue weighted by molar-refractivity contribution is -0.153. The van der Waals surface area contributed by atoms with Crippen LogP contribution in [0.5, 0.6) is 0 Å². The zero-order chi connectivity index (χ0) is 15.5. The summed E-state index contributed by atoms with van der Waals surface area (Å²) >= 11 is 0. The maximum atomic E-state index is 12.5. The Morgan fingerprint density at radius 1 is 0.900 bits per heavy atom. The molecule has 0 rings (SSSR count). The fourth-order valence-electron chi connectivity index (χ4n) is 2.22. The van der Waals surface area contributed by atoms with Crippen molar-refractivity contribution in [2.75, 3.05) is 6.61 Å². The number of hydrogen-bond acceptors (Lipinski definition) is 4. The molecule has 0 amide bonds. The molecule has 0 aliphatic carbocycles. The van der Waals surface area contributed by atoms with Crippen molar-refractivity contribution >= 4 is 17.5 Å². The molecule has 20 heavy (non-hydrogen) atoms. The molecule has 0 aliphatic rings. The van der Waals surface area contributed by atoms with Gasteiger partial charge >= 0.3 is 5.97 Å². The molecule has 116 valence electrons. The van der Waals surface area contributed by atoms with Crippen molar-refractivity contribution in [3.05, 3.63) is 0 Å². The predicted molar refractivity (Wildman–Crippen MR) is 78.4 cm³/mol. The lowest BCUT2D eigenvalue weighted by Gasteiger charge is -2.19. The highest BCUT2D eigenvalue weighted by Crippen LogP contribution is 2.21. The summed E-state index contributed by atoms with van der Waals surface area (Å²) in [5, 5.41) is 0. The number of rotatable bonds is 11. The van der Waals surface area contributed by atoms with E-state index in [4.69, 9.17) is 4.74 Å². The Morgan fingerprint density at radius 2 is 1.40 bits per heavy atom. The average Bonchev–Trinajstić information content (AvgIpc) is 2.39. The second-order valence-corrected chi connectivity index (χ2v) is 5.15. The van der Waals surface area contributed by atoms with Gasteiger partial charge in [0.1, 0.15) is 11.7 Å². The predicted octanol–water partition coefficient (Wildman–Crippen LogP) is 3.32. The van der Waals surface area contributed by atoms with Crippen LogP contribution in [0.15, 0.2) is 0 Å². The minimum atomic E-state index is -0.777. The maximum Gasteiger partial charge on any atom is 0.316 e. The van der Waals surface area contributed by atoms with Gasteiger partial charge < -0.3 is 4.74 Å². The number of Topliss-reactive ketones (excluding diaryl/α,β-unsaturated/α-hetero) is 2. The third kappa shape index (κ3) is 6.31. The van der Waals surface area contributed by atoms with E-state index in [1.807, 2.05) is 13.8 Å². The van der Waals surface area contributed by atoms with Crippen LogP contribution in [0, 0.1) is 11.8 Å². The topological polar surface area (TPSA) is 60.4 Å². The van der Waals surface area contributed by atoms with Gasteiger partial charge in [-0.2, -0.15) is 0 Å². The number of hydrogen-bond donors (Lipinski definition) is 0. The second kappa shape index (κ2) is 10.6. The number of esters is 1. The van der Waals surface area contributed by atoms with E-state index in [0.717, 1.165) is 25.7 Å². The standard InChI is InChI=1S/C16H28O4/c1-5-8-10-13(12(4)17)15(18)14(11-9-6-2)16(19)20-7-3/h13-14H,5-11H2,1-4H3/t13-,14-/m0/s1. The summed E-state index contributed by atoms with van der Waals surface area (Å²) in [6.07, 6.45) is 4.45. The van der Waals surface area contributed by atoms with Crippen LogP contribution in [-0.2, 0) is 19.1 Å². The molecule has 0 unspecified atom stereocenters. The molecule has 0 fully saturated rings. The molecule has 0 aromatic heterocycles. The Labute approximate surface area is 122 Å². The van der Waals surface area contributed by atoms with Gasteiger partial charge in [0.15, 0.2) is 5.78 Å². The fraction of sp³-hybridized carbons (Fsp3) is 0.812. The Morgan fingerprint density at radius 3 is 1.80 bits per heavy atom. The summed E-state index contributed by atoms with van der Waals surface area (Å²) in [4.78, 5) is 36.1. The summed E-state index contributed by atoms with van der Waals surface area (Å²) in [6.45, 7) is 7.43. The molecule has 0 bridgehead atoms. The van der Waals surface area contributed by atoms with Gasteiger partial charge in [-0.25, -0.2) is 0 Å². The minimum absolute atomic E-state index is 0.144. The van der Waals surface area contributed by atoms with Gasteiger partial charge in [0.25, 0.3) is 0 Å². The molecule has 4 heteroatoms. The first kappa shape index (κ1) is 18.8. The molecule has 4 nitrogen and oxygen atoms in total. The Kier molecular flexibility index (Phi) is 9.95. The van der Waals surface area contributed by atoms with Crippen molar-refractivity contribution in [1.82, 2.24) is 0 Å². The van der Waals surface area contributed by atoms with Crippen LogP contribution in [-0.4, -0.2) is 24.1 Å². The number of unbranched alkanes of at least 4 members (excludes halogenated alkanes) is 2. The summed E-state index contributed by atoms with van der Waals surface area (Å²) in [5.74, 6) is -2.30. The summed E-state index contributed by atoms with van der Waals surface area (Å²) in [7, 11) is 0. The SMILES string of the molecule is CCCC[C@H](C(=O)OCC)C(=O)[C@@H](CCCC)C(C)=O. The highest BCUT2D eigenvalue weighted by Gasteiger charge is 2.34. The highest BCUT2D eigenvalue weighted by molar-refractivity contribution is 6.09. The van der Waals surface area contributed by atoms with E-state index >= 15 is 0 Å². The molecule has 0 saturated carbocycles. The smallest absolute Gasteiger partial charge is 0.316 e. The van der Waals surface area contributed by atoms with E-state index in [2.05, 4.69) is 0 Å². The van der Waals surface area contributed by atoms with Gasteiger partial charge in [-0.05, 0) is 26.7 Å².